The van der Waals surface area contributed by atoms with Crippen molar-refractivity contribution in [2.24, 2.45) is 11.1 Å². The number of hydrogen-bond acceptors (Lipinski definition) is 2. The Morgan fingerprint density at radius 3 is 1.55 bits per heavy atom. The minimum Gasteiger partial charge on any atom is -0.480 e. The zero-order chi connectivity index (χ0) is 8.58. The summed E-state index contributed by atoms with van der Waals surface area (Å²) in [7, 11) is 0. The lowest BCUT2D eigenvalue weighted by Crippen LogP contribution is -2.55. The molecule has 0 spiro atoms. The number of halogens is 1. The van der Waals surface area contributed by atoms with Crippen LogP contribution in [0.4, 0.5) is 0 Å². The summed E-state index contributed by atoms with van der Waals surface area (Å²) in [4.78, 5) is 10.5. The van der Waals surface area contributed by atoms with Gasteiger partial charge in [-0.2, -0.15) is 0 Å². The summed E-state index contributed by atoms with van der Waals surface area (Å²) >= 11 is 0. The second kappa shape index (κ2) is 3.41. The lowest BCUT2D eigenvalue weighted by molar-refractivity contribution is -0.146. The van der Waals surface area contributed by atoms with Crippen molar-refractivity contribution in [1.29, 1.82) is 0 Å². The van der Waals surface area contributed by atoms with Gasteiger partial charge in [0.15, 0.2) is 0 Å². The number of rotatable bonds is 1. The highest BCUT2D eigenvalue weighted by atomic mass is 35.5. The molecule has 11 heavy (non-hydrogen) atoms. The molecule has 0 radical (unpaired) electrons. The van der Waals surface area contributed by atoms with E-state index < -0.39 is 16.9 Å². The molecule has 0 heterocycles. The molecule has 1 atom stereocenters. The highest BCUT2D eigenvalue weighted by Crippen LogP contribution is 2.27. The molecule has 0 aromatic rings. The summed E-state index contributed by atoms with van der Waals surface area (Å²) in [6.45, 7) is 6.94. The first kappa shape index (κ1) is 13.3. The third kappa shape index (κ3) is 2.67. The third-order valence-electron chi connectivity index (χ3n) is 2.00. The van der Waals surface area contributed by atoms with Gasteiger partial charge in [0.25, 0.3) is 0 Å². The van der Waals surface area contributed by atoms with Gasteiger partial charge >= 0.3 is 5.97 Å². The molecule has 0 aromatic carbocycles. The summed E-state index contributed by atoms with van der Waals surface area (Å²) < 4.78 is 0. The summed E-state index contributed by atoms with van der Waals surface area (Å²) in [6.07, 6.45) is 0. The fourth-order valence-corrected chi connectivity index (χ4v) is 0.321. The molecule has 3 N–H and O–H groups in total. The first-order chi connectivity index (χ1) is 4.19. The molecule has 0 aromatic heterocycles. The second-order valence-corrected chi connectivity index (χ2v) is 3.76. The largest absolute Gasteiger partial charge is 0.480 e. The van der Waals surface area contributed by atoms with Gasteiger partial charge in [-0.05, 0) is 12.3 Å². The van der Waals surface area contributed by atoms with Crippen LogP contribution in [0.15, 0.2) is 0 Å². The first-order valence-corrected chi connectivity index (χ1v) is 3.22. The number of nitrogens with two attached hydrogens (primary N) is 1. The predicted molar refractivity (Wildman–Crippen MR) is 46.9 cm³/mol. The van der Waals surface area contributed by atoms with Crippen LogP contribution in [0.3, 0.4) is 0 Å². The van der Waals surface area contributed by atoms with Gasteiger partial charge in [0, 0.05) is 0 Å². The number of carboxylic acids is 1. The standard InChI is InChI=1S/C7H15NO2.ClH/c1-6(2,3)7(4,8)5(9)10;/h8H2,1-4H3,(H,9,10);1H. The van der Waals surface area contributed by atoms with Crippen molar-refractivity contribution in [2.75, 3.05) is 0 Å². The molecule has 68 valence electrons. The SMILES string of the molecule is CC(C)(C)C(C)(N)C(=O)O.Cl. The van der Waals surface area contributed by atoms with Gasteiger partial charge in [-0.15, -0.1) is 12.4 Å². The van der Waals surface area contributed by atoms with Crippen molar-refractivity contribution in [3.05, 3.63) is 0 Å². The molecule has 0 bridgehead atoms. The topological polar surface area (TPSA) is 63.3 Å². The second-order valence-electron chi connectivity index (χ2n) is 3.76. The first-order valence-electron chi connectivity index (χ1n) is 3.22. The molecule has 0 fully saturated rings. The molecule has 1 unspecified atom stereocenters. The van der Waals surface area contributed by atoms with Crippen molar-refractivity contribution in [2.45, 2.75) is 33.2 Å². The van der Waals surface area contributed by atoms with Gasteiger partial charge in [0.1, 0.15) is 5.54 Å². The fraction of sp³-hybridized carbons (Fsp3) is 0.857. The Hall–Kier alpha value is -0.280. The number of carbonyl (C=O) groups is 1. The average molecular weight is 182 g/mol. The van der Waals surface area contributed by atoms with Crippen LogP contribution in [-0.2, 0) is 4.79 Å². The fourth-order valence-electron chi connectivity index (χ4n) is 0.321. The molecular formula is C7H16ClNO2. The van der Waals surface area contributed by atoms with Crippen LogP contribution < -0.4 is 5.73 Å². The quantitative estimate of drug-likeness (QED) is 0.640. The van der Waals surface area contributed by atoms with Gasteiger partial charge in [0.05, 0.1) is 0 Å². The van der Waals surface area contributed by atoms with Crippen LogP contribution in [-0.4, -0.2) is 16.6 Å². The maximum absolute atomic E-state index is 10.5. The number of carboxylic acid groups (broad SMARTS) is 1. The molecule has 0 saturated heterocycles. The van der Waals surface area contributed by atoms with Gasteiger partial charge in [-0.1, -0.05) is 20.8 Å². The van der Waals surface area contributed by atoms with Gasteiger partial charge in [-0.25, -0.2) is 0 Å². The molecule has 0 amide bonds. The van der Waals surface area contributed by atoms with Gasteiger partial charge in [0.2, 0.25) is 0 Å². The normalized spacial score (nSPS) is 16.5. The van der Waals surface area contributed by atoms with E-state index in [-0.39, 0.29) is 12.4 Å². The molecule has 0 aliphatic carbocycles. The predicted octanol–water partition coefficient (Wildman–Crippen LogP) is 1.26. The van der Waals surface area contributed by atoms with Crippen LogP contribution in [0, 0.1) is 5.41 Å². The Labute approximate surface area is 73.4 Å². The molecule has 0 aliphatic rings. The van der Waals surface area contributed by atoms with Crippen LogP contribution in [0.25, 0.3) is 0 Å². The van der Waals surface area contributed by atoms with Crippen molar-refractivity contribution in [1.82, 2.24) is 0 Å². The molecule has 3 nitrogen and oxygen atoms in total. The number of hydrogen-bond donors (Lipinski definition) is 2. The Balaban J connectivity index is 0. The van der Waals surface area contributed by atoms with E-state index >= 15 is 0 Å². The van der Waals surface area contributed by atoms with Gasteiger partial charge < -0.3 is 10.8 Å². The minimum absolute atomic E-state index is 0. The summed E-state index contributed by atoms with van der Waals surface area (Å²) in [5.41, 5.74) is 3.99. The zero-order valence-electron chi connectivity index (χ0n) is 7.34. The van der Waals surface area contributed by atoms with E-state index in [4.69, 9.17) is 10.8 Å². The van der Waals surface area contributed by atoms with E-state index in [9.17, 15) is 4.79 Å². The maximum atomic E-state index is 10.5. The van der Waals surface area contributed by atoms with E-state index in [0.29, 0.717) is 0 Å². The van der Waals surface area contributed by atoms with E-state index in [1.807, 2.05) is 0 Å². The zero-order valence-corrected chi connectivity index (χ0v) is 8.16. The van der Waals surface area contributed by atoms with Gasteiger partial charge in [-0.3, -0.25) is 4.79 Å². The van der Waals surface area contributed by atoms with Crippen LogP contribution >= 0.6 is 12.4 Å². The average Bonchev–Trinajstić information content (AvgIpc) is 1.62. The monoisotopic (exact) mass is 181 g/mol. The summed E-state index contributed by atoms with van der Waals surface area (Å²) in [5.74, 6) is -0.958. The highest BCUT2D eigenvalue weighted by Gasteiger charge is 2.40. The van der Waals surface area contributed by atoms with Crippen molar-refractivity contribution in [3.8, 4) is 0 Å². The Kier molecular flexibility index (Phi) is 4.13. The third-order valence-corrected chi connectivity index (χ3v) is 2.00. The Bertz CT molecular complexity index is 149. The minimum atomic E-state index is -1.15. The maximum Gasteiger partial charge on any atom is 0.323 e. The number of aliphatic carboxylic acids is 1. The van der Waals surface area contributed by atoms with E-state index in [0.717, 1.165) is 0 Å². The van der Waals surface area contributed by atoms with E-state index in [2.05, 4.69) is 0 Å². The molecule has 0 saturated carbocycles. The molecular weight excluding hydrogens is 166 g/mol. The summed E-state index contributed by atoms with van der Waals surface area (Å²) in [6, 6.07) is 0. The van der Waals surface area contributed by atoms with Crippen LogP contribution in [0.5, 0.6) is 0 Å². The van der Waals surface area contributed by atoms with Crippen molar-refractivity contribution < 1.29 is 9.90 Å². The highest BCUT2D eigenvalue weighted by molar-refractivity contribution is 5.85. The molecule has 0 rings (SSSR count). The van der Waals surface area contributed by atoms with Crippen LogP contribution in [0.1, 0.15) is 27.7 Å². The van der Waals surface area contributed by atoms with Crippen molar-refractivity contribution in [3.63, 3.8) is 0 Å². The smallest absolute Gasteiger partial charge is 0.323 e. The van der Waals surface area contributed by atoms with Crippen molar-refractivity contribution >= 4 is 18.4 Å². The van der Waals surface area contributed by atoms with E-state index in [1.54, 1.807) is 20.8 Å². The lowest BCUT2D eigenvalue weighted by atomic mass is 9.76. The summed E-state index contributed by atoms with van der Waals surface area (Å²) in [5, 5.41) is 8.65. The lowest BCUT2D eigenvalue weighted by Gasteiger charge is -2.33. The Morgan fingerprint density at radius 1 is 1.27 bits per heavy atom. The van der Waals surface area contributed by atoms with E-state index in [1.165, 1.54) is 6.92 Å². The molecule has 0 aliphatic heterocycles. The molecule has 4 heteroatoms. The van der Waals surface area contributed by atoms with Crippen LogP contribution in [0.2, 0.25) is 0 Å². The Morgan fingerprint density at radius 2 is 1.55 bits per heavy atom.